The molecule has 0 aliphatic carbocycles. The molecule has 0 aromatic heterocycles. The van der Waals surface area contributed by atoms with Crippen molar-refractivity contribution in [3.63, 3.8) is 0 Å². The topological polar surface area (TPSA) is 107 Å². The molecule has 0 radical (unpaired) electrons. The monoisotopic (exact) mass is 289 g/mol. The number of nitro benzene ring substituents is 1. The average Bonchev–Trinajstić information content (AvgIpc) is 2.72. The van der Waals surface area contributed by atoms with Crippen LogP contribution in [0.5, 0.6) is 0 Å². The highest BCUT2D eigenvalue weighted by atomic mass is 16.6. The van der Waals surface area contributed by atoms with Crippen molar-refractivity contribution < 1.29 is 14.8 Å². The zero-order valence-electron chi connectivity index (χ0n) is 11.4. The first kappa shape index (κ1) is 14.8. The molecule has 1 N–H and O–H groups in total. The summed E-state index contributed by atoms with van der Waals surface area (Å²) in [5, 5.41) is 29.3. The van der Waals surface area contributed by atoms with E-state index in [1.807, 2.05) is 0 Å². The molecular weight excluding hydrogens is 274 g/mol. The number of nitro groups is 1. The molecule has 1 aliphatic rings. The molecular formula is C14H15N3O4. The summed E-state index contributed by atoms with van der Waals surface area (Å²) in [7, 11) is 0. The Morgan fingerprint density at radius 3 is 2.81 bits per heavy atom. The van der Waals surface area contributed by atoms with Crippen molar-refractivity contribution in [2.75, 3.05) is 11.4 Å². The maximum absolute atomic E-state index is 11.4. The third-order valence-electron chi connectivity index (χ3n) is 3.67. The lowest BCUT2D eigenvalue weighted by molar-refractivity contribution is -0.385. The van der Waals surface area contributed by atoms with Crippen LogP contribution in [-0.4, -0.2) is 28.6 Å². The van der Waals surface area contributed by atoms with E-state index in [1.54, 1.807) is 17.0 Å². The minimum Gasteiger partial charge on any atom is -0.480 e. The van der Waals surface area contributed by atoms with Crippen molar-refractivity contribution in [1.82, 2.24) is 0 Å². The van der Waals surface area contributed by atoms with Gasteiger partial charge < -0.3 is 10.0 Å². The number of carboxylic acid groups (broad SMARTS) is 1. The van der Waals surface area contributed by atoms with E-state index >= 15 is 0 Å². The first-order valence-electron chi connectivity index (χ1n) is 6.72. The normalized spacial score (nSPS) is 18.6. The first-order valence-corrected chi connectivity index (χ1v) is 6.72. The highest BCUT2D eigenvalue weighted by Gasteiger charge is 2.28. The maximum atomic E-state index is 11.4. The van der Waals surface area contributed by atoms with Crippen molar-refractivity contribution in [3.05, 3.63) is 33.9 Å². The molecule has 0 spiro atoms. The summed E-state index contributed by atoms with van der Waals surface area (Å²) in [5.74, 6) is -0.927. The highest BCUT2D eigenvalue weighted by molar-refractivity contribution is 5.79. The summed E-state index contributed by atoms with van der Waals surface area (Å²) in [5.41, 5.74) is 0.170. The molecule has 2 rings (SSSR count). The maximum Gasteiger partial charge on any atom is 0.326 e. The van der Waals surface area contributed by atoms with E-state index in [-0.39, 0.29) is 11.3 Å². The Balaban J connectivity index is 2.43. The molecule has 7 nitrogen and oxygen atoms in total. The zero-order chi connectivity index (χ0) is 15.4. The van der Waals surface area contributed by atoms with Gasteiger partial charge in [0.2, 0.25) is 0 Å². The van der Waals surface area contributed by atoms with Crippen LogP contribution in [0, 0.1) is 21.4 Å². The Hall–Kier alpha value is -2.62. The van der Waals surface area contributed by atoms with Crippen LogP contribution in [0.25, 0.3) is 0 Å². The molecule has 1 aliphatic heterocycles. The lowest BCUT2D eigenvalue weighted by Crippen LogP contribution is -2.40. The zero-order valence-corrected chi connectivity index (χ0v) is 11.4. The molecule has 1 atom stereocenters. The summed E-state index contributed by atoms with van der Waals surface area (Å²) < 4.78 is 0. The van der Waals surface area contributed by atoms with Gasteiger partial charge in [0.15, 0.2) is 0 Å². The van der Waals surface area contributed by atoms with Crippen LogP contribution in [0.2, 0.25) is 0 Å². The molecule has 0 saturated carbocycles. The number of carboxylic acids is 1. The van der Waals surface area contributed by atoms with Gasteiger partial charge in [-0.3, -0.25) is 10.1 Å². The quantitative estimate of drug-likeness (QED) is 0.675. The van der Waals surface area contributed by atoms with Crippen molar-refractivity contribution in [2.24, 2.45) is 0 Å². The molecule has 1 fully saturated rings. The first-order chi connectivity index (χ1) is 10.0. The fourth-order valence-corrected chi connectivity index (χ4v) is 2.62. The number of aliphatic carboxylic acids is 1. The smallest absolute Gasteiger partial charge is 0.326 e. The second-order valence-corrected chi connectivity index (χ2v) is 4.97. The van der Waals surface area contributed by atoms with Gasteiger partial charge in [0.25, 0.3) is 5.69 Å². The summed E-state index contributed by atoms with van der Waals surface area (Å²) in [6, 6.07) is 5.34. The van der Waals surface area contributed by atoms with E-state index < -0.39 is 16.9 Å². The number of carbonyl (C=O) groups is 1. The van der Waals surface area contributed by atoms with E-state index in [0.29, 0.717) is 18.7 Å². The van der Waals surface area contributed by atoms with Crippen molar-refractivity contribution in [1.29, 1.82) is 5.26 Å². The van der Waals surface area contributed by atoms with E-state index in [9.17, 15) is 20.0 Å². The lowest BCUT2D eigenvalue weighted by Gasteiger charge is -2.29. The Morgan fingerprint density at radius 2 is 2.19 bits per heavy atom. The van der Waals surface area contributed by atoms with E-state index in [0.717, 1.165) is 19.3 Å². The van der Waals surface area contributed by atoms with Crippen LogP contribution in [0.3, 0.4) is 0 Å². The van der Waals surface area contributed by atoms with Gasteiger partial charge in [0.05, 0.1) is 4.92 Å². The standard InChI is InChI=1S/C14H15N3O4/c15-9-10-5-6-11(8-13(10)17(20)21)16-7-3-1-2-4-12(16)14(18)19/h5-6,8,12H,1-4,7H2,(H,18,19). The van der Waals surface area contributed by atoms with Gasteiger partial charge in [-0.1, -0.05) is 12.8 Å². The predicted molar refractivity (Wildman–Crippen MR) is 75.0 cm³/mol. The molecule has 110 valence electrons. The Morgan fingerprint density at radius 1 is 1.43 bits per heavy atom. The van der Waals surface area contributed by atoms with E-state index in [2.05, 4.69) is 0 Å². The van der Waals surface area contributed by atoms with Crippen LogP contribution < -0.4 is 4.90 Å². The Kier molecular flexibility index (Phi) is 4.38. The fraction of sp³-hybridized carbons (Fsp3) is 0.429. The largest absolute Gasteiger partial charge is 0.480 e. The van der Waals surface area contributed by atoms with Gasteiger partial charge in [0, 0.05) is 18.3 Å². The summed E-state index contributed by atoms with van der Waals surface area (Å²) >= 11 is 0. The summed E-state index contributed by atoms with van der Waals surface area (Å²) in [6.45, 7) is 0.542. The molecule has 1 unspecified atom stereocenters. The molecule has 1 aromatic carbocycles. The molecule has 1 aromatic rings. The number of rotatable bonds is 3. The third kappa shape index (κ3) is 3.11. The van der Waals surface area contributed by atoms with Gasteiger partial charge in [-0.15, -0.1) is 0 Å². The number of nitrogens with zero attached hydrogens (tertiary/aromatic N) is 3. The number of hydrogen-bond donors (Lipinski definition) is 1. The van der Waals surface area contributed by atoms with Crippen LogP contribution in [0.15, 0.2) is 18.2 Å². The van der Waals surface area contributed by atoms with Gasteiger partial charge in [-0.05, 0) is 25.0 Å². The number of benzene rings is 1. The molecule has 0 amide bonds. The third-order valence-corrected chi connectivity index (χ3v) is 3.67. The minimum absolute atomic E-state index is 0.0227. The Bertz CT molecular complexity index is 609. The van der Waals surface area contributed by atoms with E-state index in [1.165, 1.54) is 12.1 Å². The lowest BCUT2D eigenvalue weighted by atomic mass is 10.1. The number of nitriles is 1. The molecule has 0 bridgehead atoms. The average molecular weight is 289 g/mol. The van der Waals surface area contributed by atoms with Crippen LogP contribution in [0.1, 0.15) is 31.2 Å². The Labute approximate surface area is 121 Å². The minimum atomic E-state index is -0.927. The SMILES string of the molecule is N#Cc1ccc(N2CCCCCC2C(=O)O)cc1[N+](=O)[O-]. The molecule has 1 heterocycles. The number of hydrogen-bond acceptors (Lipinski definition) is 5. The van der Waals surface area contributed by atoms with Gasteiger partial charge >= 0.3 is 5.97 Å². The van der Waals surface area contributed by atoms with Crippen LogP contribution in [-0.2, 0) is 4.79 Å². The molecule has 21 heavy (non-hydrogen) atoms. The molecule has 7 heteroatoms. The molecule has 1 saturated heterocycles. The summed E-state index contributed by atoms with van der Waals surface area (Å²) in [4.78, 5) is 23.5. The van der Waals surface area contributed by atoms with Gasteiger partial charge in [-0.2, -0.15) is 5.26 Å². The highest BCUT2D eigenvalue weighted by Crippen LogP contribution is 2.29. The van der Waals surface area contributed by atoms with Gasteiger partial charge in [0.1, 0.15) is 17.7 Å². The van der Waals surface area contributed by atoms with Crippen LogP contribution in [0.4, 0.5) is 11.4 Å². The number of anilines is 1. The van der Waals surface area contributed by atoms with Crippen molar-refractivity contribution in [2.45, 2.75) is 31.7 Å². The van der Waals surface area contributed by atoms with Gasteiger partial charge in [-0.25, -0.2) is 4.79 Å². The summed E-state index contributed by atoms with van der Waals surface area (Å²) in [6.07, 6.45) is 3.13. The van der Waals surface area contributed by atoms with Crippen molar-refractivity contribution in [3.8, 4) is 6.07 Å². The van der Waals surface area contributed by atoms with Crippen LogP contribution >= 0.6 is 0 Å². The fourth-order valence-electron chi connectivity index (χ4n) is 2.62. The predicted octanol–water partition coefficient (Wildman–Crippen LogP) is 2.30. The van der Waals surface area contributed by atoms with Crippen molar-refractivity contribution >= 4 is 17.3 Å². The second-order valence-electron chi connectivity index (χ2n) is 4.97. The second kappa shape index (κ2) is 6.22. The van der Waals surface area contributed by atoms with E-state index in [4.69, 9.17) is 5.26 Å².